The van der Waals surface area contributed by atoms with Gasteiger partial charge in [-0.25, -0.2) is 0 Å². The van der Waals surface area contributed by atoms with E-state index in [1.807, 2.05) is 31.2 Å². The van der Waals surface area contributed by atoms with Crippen LogP contribution in [0.15, 0.2) is 24.3 Å². The van der Waals surface area contributed by atoms with Crippen molar-refractivity contribution < 1.29 is 9.45 Å². The summed E-state index contributed by atoms with van der Waals surface area (Å²) < 4.78 is 6.03. The Morgan fingerprint density at radius 1 is 1.47 bits per heavy atom. The molecule has 0 saturated carbocycles. The second-order valence-corrected chi connectivity index (χ2v) is 4.95. The predicted molar refractivity (Wildman–Crippen MR) is 77.8 cm³/mol. The fourth-order valence-electron chi connectivity index (χ4n) is 1.25. The Bertz CT molecular complexity index is 359. The van der Waals surface area contributed by atoms with Crippen LogP contribution in [0.1, 0.15) is 12.5 Å². The Kier molecular flexibility index (Phi) is 6.53. The third-order valence-corrected chi connectivity index (χ3v) is 3.03. The summed E-state index contributed by atoms with van der Waals surface area (Å²) in [6, 6.07) is 7.81. The van der Waals surface area contributed by atoms with E-state index in [0.29, 0.717) is 14.2 Å². The molecule has 1 amide bonds. The fraction of sp³-hybridized carbons (Fsp3) is 0.364. The molecule has 0 aliphatic carbocycles. The number of hydrogen-bond acceptors (Lipinski definition) is 3. The summed E-state index contributed by atoms with van der Waals surface area (Å²) in [6.07, 6.45) is 0. The lowest BCUT2D eigenvalue weighted by Crippen LogP contribution is -2.43. The molecule has 0 fully saturated rings. The minimum atomic E-state index is -0.251. The van der Waals surface area contributed by atoms with E-state index in [2.05, 4.69) is 33.1 Å². The Morgan fingerprint density at radius 2 is 2.12 bits per heavy atom. The van der Waals surface area contributed by atoms with Crippen molar-refractivity contribution in [2.45, 2.75) is 19.5 Å². The first-order chi connectivity index (χ1) is 8.13. The van der Waals surface area contributed by atoms with Crippen LogP contribution in [0.4, 0.5) is 0 Å². The molecule has 1 aromatic rings. The van der Waals surface area contributed by atoms with Gasteiger partial charge >= 0.3 is 7.62 Å². The Morgan fingerprint density at radius 3 is 2.71 bits per heavy atom. The van der Waals surface area contributed by atoms with Gasteiger partial charge in [0.05, 0.1) is 6.04 Å². The highest BCUT2D eigenvalue weighted by Gasteiger charge is 2.11. The minimum Gasteiger partial charge on any atom is -0.427 e. The number of halogens is 1. The molecule has 92 valence electrons. The van der Waals surface area contributed by atoms with Gasteiger partial charge in [0, 0.05) is 17.2 Å². The van der Waals surface area contributed by atoms with Crippen LogP contribution in [0.2, 0.25) is 0 Å². The topological polar surface area (TPSA) is 50.4 Å². The first-order valence-electron chi connectivity index (χ1n) is 5.38. The van der Waals surface area contributed by atoms with Crippen molar-refractivity contribution >= 4 is 36.1 Å². The Labute approximate surface area is 116 Å². The average Bonchev–Trinajstić information content (AvgIpc) is 2.34. The first-order valence-corrected chi connectivity index (χ1v) is 6.46. The second kappa shape index (κ2) is 7.68. The van der Waals surface area contributed by atoms with E-state index >= 15 is 0 Å². The van der Waals surface area contributed by atoms with Gasteiger partial charge in [0.1, 0.15) is 0 Å². The first kappa shape index (κ1) is 14.5. The normalized spacial score (nSPS) is 11.9. The minimum absolute atomic E-state index is 0.0272. The lowest BCUT2D eigenvalue weighted by molar-refractivity contribution is -0.122. The molecule has 6 heteroatoms. The number of nitrogens with one attached hydrogen (secondary N) is 2. The molecule has 0 heterocycles. The molecule has 2 N–H and O–H groups in total. The second-order valence-electron chi connectivity index (χ2n) is 3.70. The van der Waals surface area contributed by atoms with Gasteiger partial charge < -0.3 is 15.2 Å². The summed E-state index contributed by atoms with van der Waals surface area (Å²) in [7, 11) is 1.96. The SMILES string of the molecule is COBNC(C)C(=O)NCc1ccc(I)cc1. The van der Waals surface area contributed by atoms with Gasteiger partial charge in [0.15, 0.2) is 0 Å². The van der Waals surface area contributed by atoms with Crippen molar-refractivity contribution in [1.29, 1.82) is 0 Å². The van der Waals surface area contributed by atoms with Crippen molar-refractivity contribution in [3.8, 4) is 0 Å². The summed E-state index contributed by atoms with van der Waals surface area (Å²) in [4.78, 5) is 11.7. The van der Waals surface area contributed by atoms with Crippen molar-refractivity contribution in [3.05, 3.63) is 33.4 Å². The highest BCUT2D eigenvalue weighted by atomic mass is 127. The largest absolute Gasteiger partial charge is 0.427 e. The highest BCUT2D eigenvalue weighted by Crippen LogP contribution is 2.06. The fourth-order valence-corrected chi connectivity index (χ4v) is 1.61. The van der Waals surface area contributed by atoms with Crippen molar-refractivity contribution in [1.82, 2.24) is 10.5 Å². The van der Waals surface area contributed by atoms with E-state index in [4.69, 9.17) is 4.65 Å². The monoisotopic (exact) mass is 346 g/mol. The number of amides is 1. The van der Waals surface area contributed by atoms with Gasteiger partial charge in [0.25, 0.3) is 0 Å². The van der Waals surface area contributed by atoms with E-state index in [9.17, 15) is 4.79 Å². The predicted octanol–water partition coefficient (Wildman–Crippen LogP) is 0.798. The summed E-state index contributed by atoms with van der Waals surface area (Å²) >= 11 is 2.25. The van der Waals surface area contributed by atoms with Crippen LogP contribution in [0.5, 0.6) is 0 Å². The van der Waals surface area contributed by atoms with Gasteiger partial charge in [0.2, 0.25) is 5.91 Å². The highest BCUT2D eigenvalue weighted by molar-refractivity contribution is 14.1. The van der Waals surface area contributed by atoms with Crippen LogP contribution in [-0.2, 0) is 16.0 Å². The van der Waals surface area contributed by atoms with Crippen molar-refractivity contribution in [2.75, 3.05) is 7.11 Å². The van der Waals surface area contributed by atoms with Crippen LogP contribution < -0.4 is 10.5 Å². The third-order valence-electron chi connectivity index (χ3n) is 2.31. The molecule has 0 saturated heterocycles. The average molecular weight is 346 g/mol. The molecule has 1 rings (SSSR count). The number of carbonyl (C=O) groups excluding carboxylic acids is 1. The lowest BCUT2D eigenvalue weighted by atomic mass is 10.2. The van der Waals surface area contributed by atoms with Gasteiger partial charge in [-0.15, -0.1) is 0 Å². The van der Waals surface area contributed by atoms with E-state index in [-0.39, 0.29) is 11.9 Å². The summed E-state index contributed by atoms with van der Waals surface area (Å²) in [5.41, 5.74) is 1.10. The molecule has 0 aliphatic heterocycles. The lowest BCUT2D eigenvalue weighted by Gasteiger charge is -2.12. The maximum absolute atomic E-state index is 11.7. The van der Waals surface area contributed by atoms with Crippen LogP contribution in [0, 0.1) is 3.57 Å². The van der Waals surface area contributed by atoms with Gasteiger partial charge in [-0.2, -0.15) is 0 Å². The van der Waals surface area contributed by atoms with Crippen molar-refractivity contribution in [2.24, 2.45) is 0 Å². The zero-order valence-corrected chi connectivity index (χ0v) is 12.2. The zero-order valence-electron chi connectivity index (χ0n) is 10.00. The van der Waals surface area contributed by atoms with Gasteiger partial charge in [-0.1, -0.05) is 12.1 Å². The molecule has 0 radical (unpaired) electrons. The molecular formula is C11H16BIN2O2. The molecule has 0 aromatic heterocycles. The van der Waals surface area contributed by atoms with Crippen molar-refractivity contribution in [3.63, 3.8) is 0 Å². The maximum Gasteiger partial charge on any atom is 0.361 e. The molecule has 17 heavy (non-hydrogen) atoms. The molecule has 0 aliphatic rings. The van der Waals surface area contributed by atoms with E-state index in [1.54, 1.807) is 7.11 Å². The molecule has 4 nitrogen and oxygen atoms in total. The third kappa shape index (κ3) is 5.51. The number of benzene rings is 1. The smallest absolute Gasteiger partial charge is 0.361 e. The summed E-state index contributed by atoms with van der Waals surface area (Å²) in [5, 5.41) is 5.81. The van der Waals surface area contributed by atoms with E-state index in [0.717, 1.165) is 5.56 Å². The van der Waals surface area contributed by atoms with Crippen LogP contribution in [0.3, 0.4) is 0 Å². The van der Waals surface area contributed by atoms with Gasteiger partial charge in [-0.3, -0.25) is 4.79 Å². The number of carbonyl (C=O) groups is 1. The van der Waals surface area contributed by atoms with Crippen LogP contribution in [-0.4, -0.2) is 26.7 Å². The van der Waals surface area contributed by atoms with E-state index in [1.165, 1.54) is 3.57 Å². The molecule has 0 spiro atoms. The standard InChI is InChI=1S/C11H16BIN2O2/c1-8(15-12-17-2)11(16)14-7-9-3-5-10(13)6-4-9/h3-6,8,12,15H,7H2,1-2H3,(H,14,16). The molecule has 1 unspecified atom stereocenters. The van der Waals surface area contributed by atoms with Gasteiger partial charge in [-0.05, 0) is 47.2 Å². The molecular weight excluding hydrogens is 330 g/mol. The Balaban J connectivity index is 2.34. The zero-order chi connectivity index (χ0) is 12.7. The molecule has 1 atom stereocenters. The van der Waals surface area contributed by atoms with Crippen LogP contribution in [0.25, 0.3) is 0 Å². The number of rotatable bonds is 6. The number of hydrogen-bond donors (Lipinski definition) is 2. The maximum atomic E-state index is 11.7. The summed E-state index contributed by atoms with van der Waals surface area (Å²) in [6.45, 7) is 2.36. The molecule has 0 bridgehead atoms. The van der Waals surface area contributed by atoms with E-state index < -0.39 is 0 Å². The molecule has 1 aromatic carbocycles. The quantitative estimate of drug-likeness (QED) is 0.592. The van der Waals surface area contributed by atoms with Crippen LogP contribution >= 0.6 is 22.6 Å². The Hall–Kier alpha value is -0.595. The summed E-state index contributed by atoms with van der Waals surface area (Å²) in [5.74, 6) is -0.0272.